The second-order valence-electron chi connectivity index (χ2n) is 2.19. The maximum Gasteiger partial charge on any atom is 0.335 e. The van der Waals surface area contributed by atoms with Gasteiger partial charge in [0.05, 0.1) is 6.61 Å². The van der Waals surface area contributed by atoms with E-state index in [9.17, 15) is 4.57 Å². The molecule has 0 spiro atoms. The Hall–Kier alpha value is -0.150. The fraction of sp³-hybridized carbons (Fsp3) is 0.667. The highest BCUT2D eigenvalue weighted by Crippen LogP contribution is 2.26. The number of allylic oxidation sites excluding steroid dienone is 2. The fourth-order valence-corrected chi connectivity index (χ4v) is 0.990. The van der Waals surface area contributed by atoms with Gasteiger partial charge in [-0.05, 0) is 19.8 Å². The smallest absolute Gasteiger partial charge is 0.306 e. The van der Waals surface area contributed by atoms with Crippen molar-refractivity contribution in [1.82, 2.24) is 0 Å². The molecule has 5 heteroatoms. The van der Waals surface area contributed by atoms with E-state index in [4.69, 9.17) is 11.0 Å². The number of hydrogen-bond acceptors (Lipinski definition) is 2. The van der Waals surface area contributed by atoms with E-state index in [1.807, 2.05) is 19.1 Å². The van der Waals surface area contributed by atoms with Gasteiger partial charge in [-0.1, -0.05) is 12.2 Å². The summed E-state index contributed by atoms with van der Waals surface area (Å²) >= 11 is 0. The van der Waals surface area contributed by atoms with Crippen molar-refractivity contribution in [2.75, 3.05) is 6.61 Å². The molecule has 0 bridgehead atoms. The van der Waals surface area contributed by atoms with E-state index in [-0.39, 0.29) is 0 Å². The third-order valence-corrected chi connectivity index (χ3v) is 1.63. The maximum atomic E-state index is 10.6. The molecule has 0 atom stereocenters. The lowest BCUT2D eigenvalue weighted by molar-refractivity contribution is 0.309. The second-order valence-corrected chi connectivity index (χ2v) is 3.74. The summed E-state index contributed by atoms with van der Waals surface area (Å²) in [4.78, 5) is 0. The minimum atomic E-state index is -3.24. The molecule has 4 N–H and O–H groups in total. The molecule has 0 aromatic rings. The van der Waals surface area contributed by atoms with Gasteiger partial charge in [0.25, 0.3) is 0 Å². The summed E-state index contributed by atoms with van der Waals surface area (Å²) in [6, 6.07) is 0. The lowest BCUT2D eigenvalue weighted by atomic mass is 10.3. The molecule has 0 unspecified atom stereocenters. The highest BCUT2D eigenvalue weighted by atomic mass is 31.2. The van der Waals surface area contributed by atoms with E-state index in [0.717, 1.165) is 12.8 Å². The predicted molar refractivity (Wildman–Crippen MR) is 46.0 cm³/mol. The average Bonchev–Trinajstić information content (AvgIpc) is 1.85. The highest BCUT2D eigenvalue weighted by molar-refractivity contribution is 7.53. The van der Waals surface area contributed by atoms with Crippen LogP contribution in [0, 0.1) is 0 Å². The Morgan fingerprint density at radius 2 is 2.18 bits per heavy atom. The largest absolute Gasteiger partial charge is 0.335 e. The number of unbranched alkanes of at least 4 members (excludes halogenated alkanes) is 1. The Morgan fingerprint density at radius 3 is 2.64 bits per heavy atom. The maximum absolute atomic E-state index is 10.6. The molecule has 0 aromatic heterocycles. The number of rotatable bonds is 5. The van der Waals surface area contributed by atoms with Gasteiger partial charge < -0.3 is 4.52 Å². The van der Waals surface area contributed by atoms with E-state index >= 15 is 0 Å². The van der Waals surface area contributed by atoms with Crippen LogP contribution >= 0.6 is 7.67 Å². The van der Waals surface area contributed by atoms with Gasteiger partial charge in [0, 0.05) is 0 Å². The highest BCUT2D eigenvalue weighted by Gasteiger charge is 2.06. The molecular weight excluding hydrogens is 163 g/mol. The van der Waals surface area contributed by atoms with Crippen LogP contribution in [0.3, 0.4) is 0 Å². The monoisotopic (exact) mass is 178 g/mol. The molecule has 0 saturated carbocycles. The van der Waals surface area contributed by atoms with Gasteiger partial charge in [-0.15, -0.1) is 0 Å². The lowest BCUT2D eigenvalue weighted by Crippen LogP contribution is -2.08. The summed E-state index contributed by atoms with van der Waals surface area (Å²) in [5.41, 5.74) is 9.89. The molecule has 0 aliphatic heterocycles. The van der Waals surface area contributed by atoms with Crippen LogP contribution in [0.2, 0.25) is 0 Å². The Bertz CT molecular complexity index is 164. The van der Waals surface area contributed by atoms with Crippen LogP contribution in [0.4, 0.5) is 0 Å². The molecule has 0 fully saturated rings. The van der Waals surface area contributed by atoms with Crippen LogP contribution < -0.4 is 11.0 Å². The molecule has 0 aromatic carbocycles. The van der Waals surface area contributed by atoms with Crippen molar-refractivity contribution in [2.24, 2.45) is 11.0 Å². The Morgan fingerprint density at radius 1 is 1.55 bits per heavy atom. The van der Waals surface area contributed by atoms with Crippen LogP contribution in [-0.4, -0.2) is 6.61 Å². The zero-order valence-electron chi connectivity index (χ0n) is 6.69. The van der Waals surface area contributed by atoms with Crippen molar-refractivity contribution in [3.63, 3.8) is 0 Å². The molecule has 0 heterocycles. The van der Waals surface area contributed by atoms with Crippen molar-refractivity contribution >= 4 is 7.67 Å². The first-order valence-corrected chi connectivity index (χ1v) is 5.25. The summed E-state index contributed by atoms with van der Waals surface area (Å²) in [7, 11) is -3.24. The minimum Gasteiger partial charge on any atom is -0.306 e. The fourth-order valence-electron chi connectivity index (χ4n) is 0.575. The van der Waals surface area contributed by atoms with Crippen molar-refractivity contribution in [2.45, 2.75) is 19.8 Å². The molecule has 0 saturated heterocycles. The molecule has 0 rings (SSSR count). The van der Waals surface area contributed by atoms with E-state index in [1.165, 1.54) is 0 Å². The van der Waals surface area contributed by atoms with Gasteiger partial charge in [-0.2, -0.15) is 0 Å². The van der Waals surface area contributed by atoms with Crippen molar-refractivity contribution < 1.29 is 9.09 Å². The molecule has 66 valence electrons. The molecule has 0 amide bonds. The summed E-state index contributed by atoms with van der Waals surface area (Å²) in [5, 5.41) is 0. The lowest BCUT2D eigenvalue weighted by Gasteiger charge is -2.05. The zero-order chi connectivity index (χ0) is 8.74. The van der Waals surface area contributed by atoms with Gasteiger partial charge in [0.15, 0.2) is 0 Å². The quantitative estimate of drug-likeness (QED) is 0.378. The Labute approximate surface area is 67.2 Å². The average molecular weight is 178 g/mol. The third kappa shape index (κ3) is 9.85. The first-order valence-electron chi connectivity index (χ1n) is 3.49. The summed E-state index contributed by atoms with van der Waals surface area (Å²) in [6.45, 7) is 2.30. The van der Waals surface area contributed by atoms with Crippen molar-refractivity contribution in [1.29, 1.82) is 0 Å². The molecule has 0 aliphatic carbocycles. The van der Waals surface area contributed by atoms with Crippen LogP contribution in [0.25, 0.3) is 0 Å². The number of nitrogens with two attached hydrogens (primary N) is 2. The van der Waals surface area contributed by atoms with E-state index < -0.39 is 7.67 Å². The molecular formula is C6H15N2O2P. The van der Waals surface area contributed by atoms with Gasteiger partial charge in [0.2, 0.25) is 0 Å². The molecule has 4 nitrogen and oxygen atoms in total. The van der Waals surface area contributed by atoms with Crippen molar-refractivity contribution in [3.8, 4) is 0 Å². The summed E-state index contributed by atoms with van der Waals surface area (Å²) in [6.07, 6.45) is 5.64. The molecule has 0 aliphatic rings. The first kappa shape index (κ1) is 10.8. The normalized spacial score (nSPS) is 12.6. The van der Waals surface area contributed by atoms with Gasteiger partial charge in [-0.3, -0.25) is 4.57 Å². The topological polar surface area (TPSA) is 78.3 Å². The van der Waals surface area contributed by atoms with E-state index in [1.54, 1.807) is 0 Å². The second kappa shape index (κ2) is 5.49. The Kier molecular flexibility index (Phi) is 5.42. The first-order chi connectivity index (χ1) is 5.06. The van der Waals surface area contributed by atoms with Gasteiger partial charge in [0.1, 0.15) is 0 Å². The molecule has 0 radical (unpaired) electrons. The third-order valence-electron chi connectivity index (χ3n) is 1.04. The summed E-state index contributed by atoms with van der Waals surface area (Å²) < 4.78 is 15.2. The van der Waals surface area contributed by atoms with Crippen LogP contribution in [0.5, 0.6) is 0 Å². The zero-order valence-corrected chi connectivity index (χ0v) is 7.59. The predicted octanol–water partition coefficient (Wildman–Crippen LogP) is 1.38. The minimum absolute atomic E-state index is 0.356. The van der Waals surface area contributed by atoms with Gasteiger partial charge >= 0.3 is 7.67 Å². The SMILES string of the molecule is C/C=C/CCCOP(N)(N)=O. The Balaban J connectivity index is 3.22. The van der Waals surface area contributed by atoms with Crippen LogP contribution in [0.1, 0.15) is 19.8 Å². The van der Waals surface area contributed by atoms with Gasteiger partial charge in [-0.25, -0.2) is 11.0 Å². The number of hydrogen-bond donors (Lipinski definition) is 2. The molecule has 11 heavy (non-hydrogen) atoms. The van der Waals surface area contributed by atoms with E-state index in [0.29, 0.717) is 6.61 Å². The van der Waals surface area contributed by atoms with Crippen LogP contribution in [-0.2, 0) is 9.09 Å². The van der Waals surface area contributed by atoms with Crippen LogP contribution in [0.15, 0.2) is 12.2 Å². The van der Waals surface area contributed by atoms with E-state index in [2.05, 4.69) is 4.52 Å². The van der Waals surface area contributed by atoms with Crippen molar-refractivity contribution in [3.05, 3.63) is 12.2 Å². The standard InChI is InChI=1S/C6H15N2O2P/c1-2-3-4-5-6-10-11(7,8)9/h2-3H,4-6H2,1H3,(H4,7,8,9)/b3-2+. The summed E-state index contributed by atoms with van der Waals surface area (Å²) in [5.74, 6) is 0.